The van der Waals surface area contributed by atoms with E-state index in [9.17, 15) is 14.4 Å². The summed E-state index contributed by atoms with van der Waals surface area (Å²) in [6.07, 6.45) is 8.94. The van der Waals surface area contributed by atoms with Crippen LogP contribution in [0.15, 0.2) is 0 Å². The van der Waals surface area contributed by atoms with Crippen LogP contribution >= 0.6 is 0 Å². The lowest BCUT2D eigenvalue weighted by atomic mass is 9.85. The van der Waals surface area contributed by atoms with Crippen LogP contribution in [-0.2, 0) is 23.8 Å². The molecule has 0 aromatic heterocycles. The maximum Gasteiger partial charge on any atom is 0.407 e. The minimum atomic E-state index is -0.510. The molecular weight excluding hydrogens is 422 g/mol. The van der Waals surface area contributed by atoms with Gasteiger partial charge in [0, 0.05) is 6.42 Å². The molecule has 0 spiro atoms. The molecule has 0 aliphatic rings. The second-order valence-electron chi connectivity index (χ2n) is 9.25. The molecule has 1 amide bonds. The monoisotopic (exact) mass is 471 g/mol. The maximum absolute atomic E-state index is 12.1. The first-order chi connectivity index (χ1) is 15.7. The first-order valence-electron chi connectivity index (χ1n) is 13.0. The van der Waals surface area contributed by atoms with Gasteiger partial charge in [0.25, 0.3) is 0 Å². The number of ether oxygens (including phenoxy) is 3. The number of carbonyl (C=O) groups is 3. The Morgan fingerprint density at radius 3 is 2.21 bits per heavy atom. The normalized spacial score (nSPS) is 13.2. The smallest absolute Gasteiger partial charge is 0.407 e. The molecule has 0 aliphatic carbocycles. The van der Waals surface area contributed by atoms with Gasteiger partial charge >= 0.3 is 18.0 Å². The van der Waals surface area contributed by atoms with Gasteiger partial charge in [0.05, 0.1) is 18.6 Å². The summed E-state index contributed by atoms with van der Waals surface area (Å²) in [4.78, 5) is 35.9. The molecule has 0 saturated heterocycles. The Morgan fingerprint density at radius 2 is 1.61 bits per heavy atom. The second-order valence-corrected chi connectivity index (χ2v) is 9.25. The third kappa shape index (κ3) is 14.9. The average molecular weight is 472 g/mol. The van der Waals surface area contributed by atoms with E-state index in [1.54, 1.807) is 0 Å². The van der Waals surface area contributed by atoms with Crippen molar-refractivity contribution in [3.05, 3.63) is 0 Å². The molecule has 0 aromatic carbocycles. The number of esters is 2. The van der Waals surface area contributed by atoms with Crippen LogP contribution in [0.5, 0.6) is 0 Å². The number of amides is 1. The van der Waals surface area contributed by atoms with Crippen molar-refractivity contribution in [3.63, 3.8) is 0 Å². The highest BCUT2D eigenvalue weighted by molar-refractivity contribution is 5.76. The van der Waals surface area contributed by atoms with Crippen LogP contribution in [0.2, 0.25) is 0 Å². The summed E-state index contributed by atoms with van der Waals surface area (Å²) in [6.45, 7) is 12.9. The number of alkyl carbamates (subject to hydrolysis) is 1. The van der Waals surface area contributed by atoms with Crippen molar-refractivity contribution in [2.75, 3.05) is 19.8 Å². The summed E-state index contributed by atoms with van der Waals surface area (Å²) in [7, 11) is 0. The van der Waals surface area contributed by atoms with Crippen molar-refractivity contribution in [2.24, 2.45) is 11.3 Å². The van der Waals surface area contributed by atoms with E-state index in [2.05, 4.69) is 19.2 Å². The van der Waals surface area contributed by atoms with Gasteiger partial charge in [0.1, 0.15) is 12.7 Å². The number of hydrogen-bond donors (Lipinski definition) is 1. The quantitative estimate of drug-likeness (QED) is 0.137. The first-order valence-corrected chi connectivity index (χ1v) is 13.0. The van der Waals surface area contributed by atoms with E-state index < -0.39 is 11.5 Å². The highest BCUT2D eigenvalue weighted by atomic mass is 16.6. The molecular formula is C26H49NO6. The molecule has 33 heavy (non-hydrogen) atoms. The lowest BCUT2D eigenvalue weighted by Crippen LogP contribution is -2.34. The fourth-order valence-electron chi connectivity index (χ4n) is 3.35. The molecule has 2 unspecified atom stereocenters. The lowest BCUT2D eigenvalue weighted by molar-refractivity contribution is -0.155. The standard InChI is InChI=1S/C26H49NO6/c1-7-11-16-22(8-2)20-32-23(28)17-14-12-13-15-21(5)33-25(30)27-18-19-31-24(29)26(6,9-3)10-4/h21-22H,7-20H2,1-6H3,(H,27,30). The van der Waals surface area contributed by atoms with Gasteiger partial charge in [0.2, 0.25) is 0 Å². The Hall–Kier alpha value is -1.79. The summed E-state index contributed by atoms with van der Waals surface area (Å²) >= 11 is 0. The molecule has 0 radical (unpaired) electrons. The number of carbonyl (C=O) groups excluding carboxylic acids is 3. The highest BCUT2D eigenvalue weighted by Crippen LogP contribution is 2.26. The van der Waals surface area contributed by atoms with E-state index in [4.69, 9.17) is 14.2 Å². The van der Waals surface area contributed by atoms with Crippen molar-refractivity contribution in [1.29, 1.82) is 0 Å². The summed E-state index contributed by atoms with van der Waals surface area (Å²) in [5, 5.41) is 2.61. The summed E-state index contributed by atoms with van der Waals surface area (Å²) in [5.74, 6) is 0.118. The Morgan fingerprint density at radius 1 is 0.909 bits per heavy atom. The van der Waals surface area contributed by atoms with E-state index in [-0.39, 0.29) is 31.2 Å². The molecule has 194 valence electrons. The third-order valence-electron chi connectivity index (χ3n) is 6.48. The molecule has 0 heterocycles. The van der Waals surface area contributed by atoms with E-state index >= 15 is 0 Å². The van der Waals surface area contributed by atoms with E-state index in [0.29, 0.717) is 18.9 Å². The fraction of sp³-hybridized carbons (Fsp3) is 0.885. The van der Waals surface area contributed by atoms with E-state index in [1.807, 2.05) is 27.7 Å². The van der Waals surface area contributed by atoms with Crippen LogP contribution in [0.4, 0.5) is 4.79 Å². The van der Waals surface area contributed by atoms with Gasteiger partial charge in [-0.1, -0.05) is 53.4 Å². The topological polar surface area (TPSA) is 90.9 Å². The number of rotatable bonds is 19. The zero-order valence-electron chi connectivity index (χ0n) is 22.0. The largest absolute Gasteiger partial charge is 0.465 e. The molecule has 0 rings (SSSR count). The van der Waals surface area contributed by atoms with Crippen LogP contribution < -0.4 is 5.32 Å². The minimum Gasteiger partial charge on any atom is -0.465 e. The Bertz CT molecular complexity index is 547. The summed E-state index contributed by atoms with van der Waals surface area (Å²) in [5.41, 5.74) is -0.474. The Labute approximate surface area is 201 Å². The van der Waals surface area contributed by atoms with Crippen LogP contribution in [0.1, 0.15) is 112 Å². The summed E-state index contributed by atoms with van der Waals surface area (Å²) < 4.78 is 16.0. The van der Waals surface area contributed by atoms with E-state index in [1.165, 1.54) is 12.8 Å². The molecule has 0 aromatic rings. The molecule has 0 bridgehead atoms. The van der Waals surface area contributed by atoms with Crippen LogP contribution in [0, 0.1) is 11.3 Å². The first kappa shape index (κ1) is 31.2. The zero-order valence-corrected chi connectivity index (χ0v) is 22.0. The van der Waals surface area contributed by atoms with Crippen molar-refractivity contribution in [1.82, 2.24) is 5.32 Å². The van der Waals surface area contributed by atoms with Crippen molar-refractivity contribution < 1.29 is 28.6 Å². The average Bonchev–Trinajstić information content (AvgIpc) is 2.80. The van der Waals surface area contributed by atoms with Gasteiger partial charge in [0.15, 0.2) is 0 Å². The molecule has 7 heteroatoms. The molecule has 1 N–H and O–H groups in total. The SMILES string of the molecule is CCCCC(CC)COC(=O)CCCCCC(C)OC(=O)NCCOC(=O)C(C)(CC)CC. The zero-order chi connectivity index (χ0) is 25.1. The van der Waals surface area contributed by atoms with Crippen molar-refractivity contribution in [3.8, 4) is 0 Å². The summed E-state index contributed by atoms with van der Waals surface area (Å²) in [6, 6.07) is 0. The fourth-order valence-corrected chi connectivity index (χ4v) is 3.35. The predicted octanol–water partition coefficient (Wildman–Crippen LogP) is 6.18. The molecule has 2 atom stereocenters. The lowest BCUT2D eigenvalue weighted by Gasteiger charge is -2.24. The van der Waals surface area contributed by atoms with Gasteiger partial charge < -0.3 is 19.5 Å². The Balaban J connectivity index is 3.82. The van der Waals surface area contributed by atoms with Gasteiger partial charge in [-0.05, 0) is 58.3 Å². The second kappa shape index (κ2) is 18.6. The van der Waals surface area contributed by atoms with Crippen LogP contribution in [0.25, 0.3) is 0 Å². The van der Waals surface area contributed by atoms with Crippen molar-refractivity contribution >= 4 is 18.0 Å². The number of nitrogens with one attached hydrogen (secondary N) is 1. The minimum absolute atomic E-state index is 0.118. The molecule has 0 fully saturated rings. The van der Waals surface area contributed by atoms with E-state index in [0.717, 1.165) is 51.4 Å². The number of hydrogen-bond acceptors (Lipinski definition) is 6. The van der Waals surface area contributed by atoms with Gasteiger partial charge in [-0.25, -0.2) is 4.79 Å². The highest BCUT2D eigenvalue weighted by Gasteiger charge is 2.30. The van der Waals surface area contributed by atoms with Gasteiger partial charge in [-0.2, -0.15) is 0 Å². The van der Waals surface area contributed by atoms with Crippen molar-refractivity contribution in [2.45, 2.75) is 118 Å². The van der Waals surface area contributed by atoms with Crippen LogP contribution in [-0.4, -0.2) is 43.9 Å². The van der Waals surface area contributed by atoms with Crippen LogP contribution in [0.3, 0.4) is 0 Å². The number of unbranched alkanes of at least 4 members (excludes halogenated alkanes) is 3. The third-order valence-corrected chi connectivity index (χ3v) is 6.48. The molecule has 0 aliphatic heterocycles. The van der Waals surface area contributed by atoms with Gasteiger partial charge in [-0.3, -0.25) is 9.59 Å². The predicted molar refractivity (Wildman–Crippen MR) is 131 cm³/mol. The Kier molecular flexibility index (Phi) is 17.6. The van der Waals surface area contributed by atoms with Gasteiger partial charge in [-0.15, -0.1) is 0 Å². The maximum atomic E-state index is 12.1. The molecule has 7 nitrogen and oxygen atoms in total. The molecule has 0 saturated carbocycles.